The molecule has 0 aliphatic heterocycles. The molecular formula is C6H16FO3RuSi. The van der Waals surface area contributed by atoms with Crippen molar-refractivity contribution in [1.29, 1.82) is 0 Å². The molecule has 0 bridgehead atoms. The maximum absolute atomic E-state index is 5.22. The molecule has 0 amide bonds. The third-order valence-electron chi connectivity index (χ3n) is 0.908. The summed E-state index contributed by atoms with van der Waals surface area (Å²) in [7, 11) is -1.73. The first kappa shape index (κ1) is 18.4. The molecule has 0 rings (SSSR count). The summed E-state index contributed by atoms with van der Waals surface area (Å²) in [6.45, 7) is 7.86. The van der Waals surface area contributed by atoms with E-state index in [1.807, 2.05) is 20.8 Å². The van der Waals surface area contributed by atoms with Crippen molar-refractivity contribution in [2.45, 2.75) is 20.8 Å². The van der Waals surface area contributed by atoms with Gasteiger partial charge in [0, 0.05) is 44.0 Å². The summed E-state index contributed by atoms with van der Waals surface area (Å²) in [5, 5.41) is 0. The molecule has 77 valence electrons. The van der Waals surface area contributed by atoms with Gasteiger partial charge in [0.2, 0.25) is 0 Å². The topological polar surface area (TPSA) is 27.7 Å². The maximum Gasteiger partial charge on any atom is 0.484 e. The summed E-state index contributed by atoms with van der Waals surface area (Å²) >= 11 is 0. The number of hydrogen-bond acceptors (Lipinski definition) is 3. The Bertz CT molecular complexity index is 65.5. The Hall–Kier alpha value is 0.650. The van der Waals surface area contributed by atoms with Gasteiger partial charge >= 0.3 is 9.53 Å². The smallest absolute Gasteiger partial charge is 0.376 e. The van der Waals surface area contributed by atoms with E-state index in [0.717, 1.165) is 0 Å². The van der Waals surface area contributed by atoms with E-state index in [4.69, 9.17) is 13.3 Å². The second-order valence-electron chi connectivity index (χ2n) is 1.65. The van der Waals surface area contributed by atoms with E-state index in [-0.39, 0.29) is 24.2 Å². The van der Waals surface area contributed by atoms with Gasteiger partial charge in [-0.3, -0.25) is 0 Å². The molecule has 0 atom stereocenters. The van der Waals surface area contributed by atoms with Crippen molar-refractivity contribution in [3.63, 3.8) is 0 Å². The Kier molecular flexibility index (Phi) is 21.8. The largest absolute Gasteiger partial charge is 0.484 e. The minimum atomic E-state index is -1.73. The average molecular weight is 284 g/mol. The van der Waals surface area contributed by atoms with E-state index < -0.39 is 9.53 Å². The van der Waals surface area contributed by atoms with Gasteiger partial charge in [0.1, 0.15) is 0 Å². The van der Waals surface area contributed by atoms with Gasteiger partial charge in [0.05, 0.1) is 0 Å². The molecule has 0 aromatic heterocycles. The van der Waals surface area contributed by atoms with Gasteiger partial charge in [-0.05, 0) is 20.8 Å². The van der Waals surface area contributed by atoms with E-state index in [1.54, 1.807) is 0 Å². The fraction of sp³-hybridized carbons (Fsp3) is 1.00. The summed E-state index contributed by atoms with van der Waals surface area (Å²) < 4.78 is 15.7. The van der Waals surface area contributed by atoms with Crippen LogP contribution in [0.25, 0.3) is 0 Å². The van der Waals surface area contributed by atoms with E-state index in [1.165, 1.54) is 0 Å². The fourth-order valence-corrected chi connectivity index (χ4v) is 1.66. The molecule has 0 aromatic carbocycles. The van der Waals surface area contributed by atoms with Crippen LogP contribution in [0.15, 0.2) is 0 Å². The van der Waals surface area contributed by atoms with Crippen LogP contribution >= 0.6 is 0 Å². The molecule has 1 radical (unpaired) electrons. The normalized spacial score (nSPS) is 9.00. The van der Waals surface area contributed by atoms with Crippen molar-refractivity contribution >= 4 is 9.53 Å². The molecule has 0 N–H and O–H groups in total. The SMILES string of the molecule is CCO[SiH](OCC)OCC.[F].[Ru]. The molecule has 0 unspecified atom stereocenters. The standard InChI is InChI=1S/C6H16O3Si.F.Ru/c1-4-7-10(8-5-2)9-6-3;;/h10H,4-6H2,1-3H3;;. The monoisotopic (exact) mass is 285 g/mol. The first-order valence-electron chi connectivity index (χ1n) is 3.69. The molecule has 6 heteroatoms. The second kappa shape index (κ2) is 14.2. The number of hydrogen-bond donors (Lipinski definition) is 0. The molecule has 3 nitrogen and oxygen atoms in total. The minimum Gasteiger partial charge on any atom is -0.376 e. The van der Waals surface area contributed by atoms with E-state index in [0.29, 0.717) is 19.8 Å². The van der Waals surface area contributed by atoms with Gasteiger partial charge < -0.3 is 13.3 Å². The van der Waals surface area contributed by atoms with E-state index in [2.05, 4.69) is 0 Å². The van der Waals surface area contributed by atoms with Gasteiger partial charge in [-0.25, -0.2) is 0 Å². The van der Waals surface area contributed by atoms with Gasteiger partial charge in [0.25, 0.3) is 0 Å². The molecule has 0 saturated heterocycles. The summed E-state index contributed by atoms with van der Waals surface area (Å²) in [4.78, 5) is 0. The Morgan fingerprint density at radius 1 is 0.833 bits per heavy atom. The third-order valence-corrected chi connectivity index (χ3v) is 2.72. The molecule has 0 saturated carbocycles. The van der Waals surface area contributed by atoms with Crippen molar-refractivity contribution in [1.82, 2.24) is 0 Å². The number of rotatable bonds is 6. The second-order valence-corrected chi connectivity index (χ2v) is 3.23. The Morgan fingerprint density at radius 2 is 1.08 bits per heavy atom. The predicted molar refractivity (Wildman–Crippen MR) is 43.1 cm³/mol. The summed E-state index contributed by atoms with van der Waals surface area (Å²) in [6.07, 6.45) is 0. The van der Waals surface area contributed by atoms with Crippen molar-refractivity contribution in [3.05, 3.63) is 0 Å². The van der Waals surface area contributed by atoms with Gasteiger partial charge in [-0.2, -0.15) is 0 Å². The summed E-state index contributed by atoms with van der Waals surface area (Å²) in [6, 6.07) is 0. The van der Waals surface area contributed by atoms with E-state index >= 15 is 0 Å². The maximum atomic E-state index is 5.22. The van der Waals surface area contributed by atoms with Crippen LogP contribution in [0.2, 0.25) is 0 Å². The first-order valence-corrected chi connectivity index (χ1v) is 5.11. The molecule has 0 heterocycles. The Balaban J connectivity index is -0.000000405. The summed E-state index contributed by atoms with van der Waals surface area (Å²) in [5.74, 6) is 0. The van der Waals surface area contributed by atoms with Crippen LogP contribution in [0.4, 0.5) is 4.70 Å². The van der Waals surface area contributed by atoms with Gasteiger partial charge in [-0.1, -0.05) is 0 Å². The van der Waals surface area contributed by atoms with Crippen LogP contribution in [-0.2, 0) is 32.8 Å². The Morgan fingerprint density at radius 3 is 1.25 bits per heavy atom. The van der Waals surface area contributed by atoms with Crippen LogP contribution < -0.4 is 0 Å². The zero-order chi connectivity index (χ0) is 7.82. The van der Waals surface area contributed by atoms with Crippen LogP contribution in [0.3, 0.4) is 0 Å². The quantitative estimate of drug-likeness (QED) is 0.687. The van der Waals surface area contributed by atoms with Crippen molar-refractivity contribution in [3.8, 4) is 0 Å². The molecule has 0 fully saturated rings. The molecule has 0 aliphatic carbocycles. The fourth-order valence-electron chi connectivity index (χ4n) is 0.553. The van der Waals surface area contributed by atoms with Crippen LogP contribution in [0.1, 0.15) is 20.8 Å². The van der Waals surface area contributed by atoms with Gasteiger partial charge in [0.15, 0.2) is 0 Å². The molecule has 0 spiro atoms. The first-order chi connectivity index (χ1) is 4.85. The zero-order valence-corrected chi connectivity index (χ0v) is 10.5. The van der Waals surface area contributed by atoms with Crippen LogP contribution in [0, 0.1) is 0 Å². The van der Waals surface area contributed by atoms with Gasteiger partial charge in [-0.15, -0.1) is 0 Å². The van der Waals surface area contributed by atoms with E-state index in [9.17, 15) is 0 Å². The summed E-state index contributed by atoms with van der Waals surface area (Å²) in [5.41, 5.74) is 0. The molecular weight excluding hydrogens is 268 g/mol. The third kappa shape index (κ3) is 10.7. The molecule has 0 aliphatic rings. The minimum absolute atomic E-state index is 0. The average Bonchev–Trinajstić information content (AvgIpc) is 1.90. The van der Waals surface area contributed by atoms with Crippen LogP contribution in [-0.4, -0.2) is 29.3 Å². The van der Waals surface area contributed by atoms with Crippen LogP contribution in [0.5, 0.6) is 0 Å². The molecule has 12 heavy (non-hydrogen) atoms. The number of halogens is 1. The zero-order valence-electron chi connectivity index (χ0n) is 7.65. The predicted octanol–water partition coefficient (Wildman–Crippen LogP) is 1.23. The molecule has 0 aromatic rings. The van der Waals surface area contributed by atoms with Crippen molar-refractivity contribution < 1.29 is 37.5 Å². The van der Waals surface area contributed by atoms with Crippen molar-refractivity contribution in [2.75, 3.05) is 19.8 Å². The van der Waals surface area contributed by atoms with Crippen molar-refractivity contribution in [2.24, 2.45) is 0 Å². The Labute approximate surface area is 87.9 Å².